The smallest absolute Gasteiger partial charge is 0.304 e. The van der Waals surface area contributed by atoms with Gasteiger partial charge in [0.2, 0.25) is 5.91 Å². The number of nitrogens with one attached hydrogen (secondary N) is 1. The second-order valence-corrected chi connectivity index (χ2v) is 6.00. The Kier molecular flexibility index (Phi) is 5.63. The predicted octanol–water partition coefficient (Wildman–Crippen LogP) is 2.57. The van der Waals surface area contributed by atoms with Crippen molar-refractivity contribution in [3.8, 4) is 0 Å². The molecule has 1 fully saturated rings. The van der Waals surface area contributed by atoms with Crippen LogP contribution in [0.3, 0.4) is 0 Å². The summed E-state index contributed by atoms with van der Waals surface area (Å²) in [7, 11) is 0. The standard InChI is InChI=1S/C14H25NO3/c1-14(2,10-12(16)17)13(18)15-9-8-11-6-4-3-5-7-11/h11H,3-10H2,1-2H3,(H,15,18)(H,16,17). The highest BCUT2D eigenvalue weighted by atomic mass is 16.4. The van der Waals surface area contributed by atoms with E-state index in [4.69, 9.17) is 5.11 Å². The third-order valence-electron chi connectivity index (χ3n) is 3.77. The number of carbonyl (C=O) groups is 2. The van der Waals surface area contributed by atoms with Crippen LogP contribution in [0.25, 0.3) is 0 Å². The molecule has 0 unspecified atom stereocenters. The van der Waals surface area contributed by atoms with E-state index in [1.807, 2.05) is 0 Å². The lowest BCUT2D eigenvalue weighted by molar-refractivity contribution is -0.144. The van der Waals surface area contributed by atoms with Crippen LogP contribution in [0.5, 0.6) is 0 Å². The van der Waals surface area contributed by atoms with E-state index in [1.165, 1.54) is 32.1 Å². The van der Waals surface area contributed by atoms with Gasteiger partial charge in [0, 0.05) is 6.54 Å². The minimum Gasteiger partial charge on any atom is -0.481 e. The molecule has 1 aliphatic rings. The molecule has 1 saturated carbocycles. The Morgan fingerprint density at radius 3 is 2.39 bits per heavy atom. The lowest BCUT2D eigenvalue weighted by Crippen LogP contribution is -2.39. The van der Waals surface area contributed by atoms with E-state index in [1.54, 1.807) is 13.8 Å². The van der Waals surface area contributed by atoms with Crippen molar-refractivity contribution in [2.75, 3.05) is 6.54 Å². The summed E-state index contributed by atoms with van der Waals surface area (Å²) in [4.78, 5) is 22.5. The second kappa shape index (κ2) is 6.76. The number of amides is 1. The first kappa shape index (κ1) is 15.0. The quantitative estimate of drug-likeness (QED) is 0.766. The Balaban J connectivity index is 2.25. The van der Waals surface area contributed by atoms with Crippen LogP contribution in [0.15, 0.2) is 0 Å². The summed E-state index contributed by atoms with van der Waals surface area (Å²) in [5, 5.41) is 11.6. The van der Waals surface area contributed by atoms with Crippen molar-refractivity contribution < 1.29 is 14.7 Å². The first-order valence-corrected chi connectivity index (χ1v) is 6.92. The molecule has 0 bridgehead atoms. The number of rotatable bonds is 6. The van der Waals surface area contributed by atoms with Crippen molar-refractivity contribution in [1.82, 2.24) is 5.32 Å². The van der Waals surface area contributed by atoms with E-state index >= 15 is 0 Å². The maximum absolute atomic E-state index is 11.9. The average Bonchev–Trinajstić information content (AvgIpc) is 2.28. The Morgan fingerprint density at radius 2 is 1.83 bits per heavy atom. The van der Waals surface area contributed by atoms with Gasteiger partial charge in [0.25, 0.3) is 0 Å². The number of hydrogen-bond donors (Lipinski definition) is 2. The fourth-order valence-corrected chi connectivity index (χ4v) is 2.56. The second-order valence-electron chi connectivity index (χ2n) is 6.00. The summed E-state index contributed by atoms with van der Waals surface area (Å²) < 4.78 is 0. The number of carbonyl (C=O) groups excluding carboxylic acids is 1. The molecule has 2 N–H and O–H groups in total. The van der Waals surface area contributed by atoms with Gasteiger partial charge in [-0.05, 0) is 12.3 Å². The van der Waals surface area contributed by atoms with Crippen LogP contribution >= 0.6 is 0 Å². The summed E-state index contributed by atoms with van der Waals surface area (Å²) in [5.74, 6) is -0.343. The molecule has 1 amide bonds. The zero-order valence-corrected chi connectivity index (χ0v) is 11.5. The van der Waals surface area contributed by atoms with E-state index in [9.17, 15) is 9.59 Å². The Morgan fingerprint density at radius 1 is 1.22 bits per heavy atom. The van der Waals surface area contributed by atoms with Gasteiger partial charge >= 0.3 is 5.97 Å². The largest absolute Gasteiger partial charge is 0.481 e. The van der Waals surface area contributed by atoms with Crippen molar-refractivity contribution in [3.63, 3.8) is 0 Å². The molecule has 0 saturated heterocycles. The first-order valence-electron chi connectivity index (χ1n) is 6.92. The molecule has 1 aliphatic carbocycles. The lowest BCUT2D eigenvalue weighted by atomic mass is 9.86. The number of carboxylic acids is 1. The van der Waals surface area contributed by atoms with E-state index in [2.05, 4.69) is 5.32 Å². The summed E-state index contributed by atoms with van der Waals surface area (Å²) >= 11 is 0. The number of carboxylic acid groups (broad SMARTS) is 1. The van der Waals surface area contributed by atoms with Gasteiger partial charge < -0.3 is 10.4 Å². The maximum atomic E-state index is 11.9. The van der Waals surface area contributed by atoms with Crippen molar-refractivity contribution in [3.05, 3.63) is 0 Å². The fraction of sp³-hybridized carbons (Fsp3) is 0.857. The minimum absolute atomic E-state index is 0.123. The Bertz CT molecular complexity index is 293. The van der Waals surface area contributed by atoms with Crippen LogP contribution in [0.4, 0.5) is 0 Å². The average molecular weight is 255 g/mol. The normalized spacial score (nSPS) is 17.4. The van der Waals surface area contributed by atoms with Crippen molar-refractivity contribution >= 4 is 11.9 Å². The third-order valence-corrected chi connectivity index (χ3v) is 3.77. The SMILES string of the molecule is CC(C)(CC(=O)O)C(=O)NCCC1CCCCC1. The van der Waals surface area contributed by atoms with E-state index in [0.29, 0.717) is 6.54 Å². The molecule has 0 aromatic carbocycles. The molecule has 0 radical (unpaired) electrons. The Labute approximate surface area is 109 Å². The molecule has 104 valence electrons. The zero-order valence-electron chi connectivity index (χ0n) is 11.5. The summed E-state index contributed by atoms with van der Waals surface area (Å²) in [5.41, 5.74) is -0.821. The fourth-order valence-electron chi connectivity index (χ4n) is 2.56. The Hall–Kier alpha value is -1.06. The minimum atomic E-state index is -0.928. The zero-order chi connectivity index (χ0) is 13.6. The van der Waals surface area contributed by atoms with Crippen LogP contribution in [0, 0.1) is 11.3 Å². The van der Waals surface area contributed by atoms with Crippen LogP contribution < -0.4 is 5.32 Å². The van der Waals surface area contributed by atoms with Crippen LogP contribution in [0.1, 0.15) is 58.8 Å². The van der Waals surface area contributed by atoms with Gasteiger partial charge in [-0.25, -0.2) is 0 Å². The number of hydrogen-bond acceptors (Lipinski definition) is 2. The first-order chi connectivity index (χ1) is 8.42. The maximum Gasteiger partial charge on any atom is 0.304 e. The van der Waals surface area contributed by atoms with Gasteiger partial charge in [-0.1, -0.05) is 46.0 Å². The molecular formula is C14H25NO3. The van der Waals surface area contributed by atoms with Crippen LogP contribution in [-0.2, 0) is 9.59 Å². The molecule has 0 heterocycles. The molecule has 0 aromatic heterocycles. The predicted molar refractivity (Wildman–Crippen MR) is 70.2 cm³/mol. The van der Waals surface area contributed by atoms with E-state index in [0.717, 1.165) is 12.3 Å². The van der Waals surface area contributed by atoms with E-state index < -0.39 is 11.4 Å². The molecule has 0 aromatic rings. The van der Waals surface area contributed by atoms with Gasteiger partial charge in [0.1, 0.15) is 0 Å². The van der Waals surface area contributed by atoms with Gasteiger partial charge in [-0.3, -0.25) is 9.59 Å². The highest BCUT2D eigenvalue weighted by Crippen LogP contribution is 2.26. The molecular weight excluding hydrogens is 230 g/mol. The molecule has 18 heavy (non-hydrogen) atoms. The van der Waals surface area contributed by atoms with Gasteiger partial charge in [-0.2, -0.15) is 0 Å². The van der Waals surface area contributed by atoms with Gasteiger partial charge in [0.15, 0.2) is 0 Å². The molecule has 0 aliphatic heterocycles. The summed E-state index contributed by atoms with van der Waals surface area (Å²) in [6.45, 7) is 4.03. The molecule has 0 atom stereocenters. The van der Waals surface area contributed by atoms with Gasteiger partial charge in [-0.15, -0.1) is 0 Å². The van der Waals surface area contributed by atoms with Crippen LogP contribution in [0.2, 0.25) is 0 Å². The monoisotopic (exact) mass is 255 g/mol. The highest BCUT2D eigenvalue weighted by molar-refractivity contribution is 5.86. The topological polar surface area (TPSA) is 66.4 Å². The van der Waals surface area contributed by atoms with Crippen LogP contribution in [-0.4, -0.2) is 23.5 Å². The molecule has 4 heteroatoms. The molecule has 0 spiro atoms. The van der Waals surface area contributed by atoms with Gasteiger partial charge in [0.05, 0.1) is 11.8 Å². The molecule has 1 rings (SSSR count). The third kappa shape index (κ3) is 5.07. The lowest BCUT2D eigenvalue weighted by Gasteiger charge is -2.24. The summed E-state index contributed by atoms with van der Waals surface area (Å²) in [6.07, 6.45) is 7.40. The molecule has 4 nitrogen and oxygen atoms in total. The summed E-state index contributed by atoms with van der Waals surface area (Å²) in [6, 6.07) is 0. The van der Waals surface area contributed by atoms with E-state index in [-0.39, 0.29) is 12.3 Å². The number of aliphatic carboxylic acids is 1. The van der Waals surface area contributed by atoms with Crippen molar-refractivity contribution in [1.29, 1.82) is 0 Å². The van der Waals surface area contributed by atoms with Crippen molar-refractivity contribution in [2.24, 2.45) is 11.3 Å². The van der Waals surface area contributed by atoms with Crippen molar-refractivity contribution in [2.45, 2.75) is 58.8 Å². The highest BCUT2D eigenvalue weighted by Gasteiger charge is 2.30.